The lowest BCUT2D eigenvalue weighted by Crippen LogP contribution is -2.37. The van der Waals surface area contributed by atoms with E-state index in [1.807, 2.05) is 0 Å². The van der Waals surface area contributed by atoms with Gasteiger partial charge in [-0.3, -0.25) is 4.79 Å². The SMILES string of the molecule is CCCCNC(=O)C(CN)CC(C)(C)C. The van der Waals surface area contributed by atoms with E-state index < -0.39 is 0 Å². The van der Waals surface area contributed by atoms with Crippen LogP contribution in [0.25, 0.3) is 0 Å². The van der Waals surface area contributed by atoms with E-state index in [9.17, 15) is 4.79 Å². The normalized spacial score (nSPS) is 13.7. The Morgan fingerprint density at radius 3 is 2.40 bits per heavy atom. The molecule has 15 heavy (non-hydrogen) atoms. The minimum Gasteiger partial charge on any atom is -0.356 e. The molecule has 1 amide bonds. The third-order valence-electron chi connectivity index (χ3n) is 2.34. The zero-order chi connectivity index (χ0) is 11.9. The van der Waals surface area contributed by atoms with Gasteiger partial charge in [-0.05, 0) is 18.3 Å². The summed E-state index contributed by atoms with van der Waals surface area (Å²) >= 11 is 0. The van der Waals surface area contributed by atoms with Gasteiger partial charge in [-0.25, -0.2) is 0 Å². The van der Waals surface area contributed by atoms with Gasteiger partial charge in [-0.1, -0.05) is 34.1 Å². The van der Waals surface area contributed by atoms with E-state index in [0.29, 0.717) is 6.54 Å². The number of amides is 1. The number of carbonyl (C=O) groups is 1. The molecule has 0 fully saturated rings. The van der Waals surface area contributed by atoms with E-state index in [-0.39, 0.29) is 17.2 Å². The van der Waals surface area contributed by atoms with Crippen molar-refractivity contribution in [3.63, 3.8) is 0 Å². The predicted molar refractivity (Wildman–Crippen MR) is 64.5 cm³/mol. The van der Waals surface area contributed by atoms with Crippen LogP contribution in [-0.4, -0.2) is 19.0 Å². The second kappa shape index (κ2) is 6.83. The average Bonchev–Trinajstić information content (AvgIpc) is 2.13. The fraction of sp³-hybridized carbons (Fsp3) is 0.917. The third kappa shape index (κ3) is 7.37. The summed E-state index contributed by atoms with van der Waals surface area (Å²) in [6.45, 7) is 9.73. The van der Waals surface area contributed by atoms with Gasteiger partial charge in [0, 0.05) is 13.1 Å². The molecule has 90 valence electrons. The third-order valence-corrected chi connectivity index (χ3v) is 2.34. The van der Waals surface area contributed by atoms with Gasteiger partial charge >= 0.3 is 0 Å². The van der Waals surface area contributed by atoms with E-state index >= 15 is 0 Å². The van der Waals surface area contributed by atoms with Gasteiger partial charge < -0.3 is 11.1 Å². The van der Waals surface area contributed by atoms with Crippen molar-refractivity contribution in [3.05, 3.63) is 0 Å². The summed E-state index contributed by atoms with van der Waals surface area (Å²) in [5.41, 5.74) is 5.78. The fourth-order valence-corrected chi connectivity index (χ4v) is 1.55. The van der Waals surface area contributed by atoms with Crippen LogP contribution in [0.1, 0.15) is 47.0 Å². The van der Waals surface area contributed by atoms with Crippen LogP contribution >= 0.6 is 0 Å². The van der Waals surface area contributed by atoms with Gasteiger partial charge in [-0.15, -0.1) is 0 Å². The van der Waals surface area contributed by atoms with Crippen molar-refractivity contribution in [2.75, 3.05) is 13.1 Å². The predicted octanol–water partition coefficient (Wildman–Crippen LogP) is 1.91. The Bertz CT molecular complexity index is 185. The van der Waals surface area contributed by atoms with E-state index in [4.69, 9.17) is 5.73 Å². The highest BCUT2D eigenvalue weighted by Crippen LogP contribution is 2.23. The summed E-state index contributed by atoms with van der Waals surface area (Å²) in [5.74, 6) is 0.0720. The monoisotopic (exact) mass is 214 g/mol. The van der Waals surface area contributed by atoms with E-state index in [1.54, 1.807) is 0 Å². The maximum atomic E-state index is 11.7. The van der Waals surface area contributed by atoms with Crippen LogP contribution in [0, 0.1) is 11.3 Å². The van der Waals surface area contributed by atoms with E-state index in [0.717, 1.165) is 25.8 Å². The lowest BCUT2D eigenvalue weighted by molar-refractivity contribution is -0.125. The Hall–Kier alpha value is -0.570. The topological polar surface area (TPSA) is 55.1 Å². The number of rotatable bonds is 6. The fourth-order valence-electron chi connectivity index (χ4n) is 1.55. The summed E-state index contributed by atoms with van der Waals surface area (Å²) in [6.07, 6.45) is 2.99. The lowest BCUT2D eigenvalue weighted by atomic mass is 9.84. The van der Waals surface area contributed by atoms with E-state index in [1.165, 1.54) is 0 Å². The Labute approximate surface area is 93.8 Å². The van der Waals surface area contributed by atoms with Crippen LogP contribution in [-0.2, 0) is 4.79 Å². The smallest absolute Gasteiger partial charge is 0.224 e. The van der Waals surface area contributed by atoms with Crippen LogP contribution in [0.5, 0.6) is 0 Å². The molecule has 0 heterocycles. The van der Waals surface area contributed by atoms with Crippen molar-refractivity contribution in [1.29, 1.82) is 0 Å². The molecular formula is C12H26N2O. The van der Waals surface area contributed by atoms with Crippen molar-refractivity contribution in [2.24, 2.45) is 17.1 Å². The molecular weight excluding hydrogens is 188 g/mol. The van der Waals surface area contributed by atoms with Crippen molar-refractivity contribution in [2.45, 2.75) is 47.0 Å². The largest absolute Gasteiger partial charge is 0.356 e. The molecule has 0 spiro atoms. The maximum absolute atomic E-state index is 11.7. The van der Waals surface area contributed by atoms with Crippen molar-refractivity contribution < 1.29 is 4.79 Å². The standard InChI is InChI=1S/C12H26N2O/c1-5-6-7-14-11(15)10(9-13)8-12(2,3)4/h10H,5-9,13H2,1-4H3,(H,14,15). The highest BCUT2D eigenvalue weighted by molar-refractivity contribution is 5.78. The Morgan fingerprint density at radius 1 is 1.40 bits per heavy atom. The van der Waals surface area contributed by atoms with Crippen LogP contribution < -0.4 is 11.1 Å². The lowest BCUT2D eigenvalue weighted by Gasteiger charge is -2.24. The van der Waals surface area contributed by atoms with Gasteiger partial charge in [0.25, 0.3) is 0 Å². The van der Waals surface area contributed by atoms with Gasteiger partial charge in [-0.2, -0.15) is 0 Å². The number of nitrogens with two attached hydrogens (primary N) is 1. The molecule has 0 aliphatic rings. The summed E-state index contributed by atoms with van der Waals surface area (Å²) < 4.78 is 0. The molecule has 3 nitrogen and oxygen atoms in total. The molecule has 0 aliphatic heterocycles. The summed E-state index contributed by atoms with van der Waals surface area (Å²) in [6, 6.07) is 0. The van der Waals surface area contributed by atoms with Gasteiger partial charge in [0.2, 0.25) is 5.91 Å². The average molecular weight is 214 g/mol. The molecule has 0 aromatic rings. The first-order valence-corrected chi connectivity index (χ1v) is 5.88. The second-order valence-corrected chi connectivity index (χ2v) is 5.34. The van der Waals surface area contributed by atoms with Gasteiger partial charge in [0.1, 0.15) is 0 Å². The minimum absolute atomic E-state index is 0.0399. The maximum Gasteiger partial charge on any atom is 0.224 e. The molecule has 0 aliphatic carbocycles. The quantitative estimate of drug-likeness (QED) is 0.664. The number of hydrogen-bond donors (Lipinski definition) is 2. The highest BCUT2D eigenvalue weighted by atomic mass is 16.1. The summed E-state index contributed by atoms with van der Waals surface area (Å²) in [7, 11) is 0. The molecule has 0 saturated carbocycles. The summed E-state index contributed by atoms with van der Waals surface area (Å²) in [5, 5.41) is 2.94. The molecule has 3 N–H and O–H groups in total. The number of nitrogens with one attached hydrogen (secondary N) is 1. The Balaban J connectivity index is 4.00. The first-order chi connectivity index (χ1) is 6.90. The zero-order valence-corrected chi connectivity index (χ0v) is 10.6. The summed E-state index contributed by atoms with van der Waals surface area (Å²) in [4.78, 5) is 11.7. The number of unbranched alkanes of at least 4 members (excludes halogenated alkanes) is 1. The van der Waals surface area contributed by atoms with Crippen molar-refractivity contribution in [3.8, 4) is 0 Å². The Kier molecular flexibility index (Phi) is 6.57. The molecule has 0 bridgehead atoms. The molecule has 1 unspecified atom stereocenters. The Morgan fingerprint density at radius 2 is 2.00 bits per heavy atom. The first-order valence-electron chi connectivity index (χ1n) is 5.88. The minimum atomic E-state index is -0.0399. The van der Waals surface area contributed by atoms with Gasteiger partial charge in [0.05, 0.1) is 5.92 Å². The van der Waals surface area contributed by atoms with Crippen molar-refractivity contribution in [1.82, 2.24) is 5.32 Å². The molecule has 0 saturated heterocycles. The zero-order valence-electron chi connectivity index (χ0n) is 10.6. The molecule has 0 radical (unpaired) electrons. The van der Waals surface area contributed by atoms with Crippen LogP contribution in [0.3, 0.4) is 0 Å². The van der Waals surface area contributed by atoms with Crippen LogP contribution in [0.2, 0.25) is 0 Å². The molecule has 3 heteroatoms. The molecule has 0 aromatic heterocycles. The van der Waals surface area contributed by atoms with Crippen molar-refractivity contribution >= 4 is 5.91 Å². The molecule has 1 atom stereocenters. The van der Waals surface area contributed by atoms with E-state index in [2.05, 4.69) is 33.0 Å². The highest BCUT2D eigenvalue weighted by Gasteiger charge is 2.23. The first kappa shape index (κ1) is 14.4. The second-order valence-electron chi connectivity index (χ2n) is 5.34. The molecule has 0 aromatic carbocycles. The van der Waals surface area contributed by atoms with Gasteiger partial charge in [0.15, 0.2) is 0 Å². The van der Waals surface area contributed by atoms with Crippen LogP contribution in [0.15, 0.2) is 0 Å². The molecule has 0 rings (SSSR count). The van der Waals surface area contributed by atoms with Crippen LogP contribution in [0.4, 0.5) is 0 Å². The number of hydrogen-bond acceptors (Lipinski definition) is 2. The number of carbonyl (C=O) groups excluding carboxylic acids is 1.